The molecule has 1 atom stereocenters. The van der Waals surface area contributed by atoms with E-state index in [2.05, 4.69) is 0 Å². The van der Waals surface area contributed by atoms with Crippen molar-refractivity contribution in [1.82, 2.24) is 0 Å². The lowest BCUT2D eigenvalue weighted by molar-refractivity contribution is 0.407. The van der Waals surface area contributed by atoms with Gasteiger partial charge in [-0.25, -0.2) is 4.39 Å². The molecule has 3 heteroatoms. The molecule has 0 radical (unpaired) electrons. The lowest BCUT2D eigenvalue weighted by Crippen LogP contribution is -1.96. The second-order valence-corrected chi connectivity index (χ2v) is 3.67. The number of benzene rings is 1. The molecule has 14 heavy (non-hydrogen) atoms. The van der Waals surface area contributed by atoms with Crippen LogP contribution in [0.2, 0.25) is 0 Å². The number of ether oxygens (including phenoxy) is 1. The molecule has 1 aromatic rings. The fourth-order valence-corrected chi connectivity index (χ4v) is 1.75. The fourth-order valence-electron chi connectivity index (χ4n) is 1.36. The summed E-state index contributed by atoms with van der Waals surface area (Å²) >= 11 is 6.12. The van der Waals surface area contributed by atoms with E-state index in [1.807, 2.05) is 6.92 Å². The molecule has 0 aliphatic carbocycles. The maximum atomic E-state index is 13.0. The van der Waals surface area contributed by atoms with Gasteiger partial charge in [0, 0.05) is 5.56 Å². The Morgan fingerprint density at radius 3 is 2.79 bits per heavy atom. The molecule has 1 aromatic carbocycles. The Kier molecular flexibility index (Phi) is 4.21. The van der Waals surface area contributed by atoms with Gasteiger partial charge in [-0.1, -0.05) is 13.3 Å². The molecule has 0 N–H and O–H groups in total. The Balaban J connectivity index is 2.97. The molecule has 1 nitrogen and oxygen atoms in total. The second kappa shape index (κ2) is 5.20. The minimum atomic E-state index is -0.275. The zero-order chi connectivity index (χ0) is 10.6. The highest BCUT2D eigenvalue weighted by Crippen LogP contribution is 2.33. The van der Waals surface area contributed by atoms with Gasteiger partial charge >= 0.3 is 0 Å². The summed E-state index contributed by atoms with van der Waals surface area (Å²) in [6.07, 6.45) is 1.79. The summed E-state index contributed by atoms with van der Waals surface area (Å²) in [5.41, 5.74) is 0.732. The highest BCUT2D eigenvalue weighted by Gasteiger charge is 2.13. The number of halogens is 2. The van der Waals surface area contributed by atoms with E-state index in [9.17, 15) is 4.39 Å². The van der Waals surface area contributed by atoms with Crippen molar-refractivity contribution in [2.45, 2.75) is 25.1 Å². The van der Waals surface area contributed by atoms with Crippen molar-refractivity contribution in [1.29, 1.82) is 0 Å². The molecule has 0 aliphatic heterocycles. The van der Waals surface area contributed by atoms with Crippen LogP contribution in [0.1, 0.15) is 30.7 Å². The standard InChI is InChI=1S/C11H14ClFO/c1-3-4-10(12)9-7-8(13)5-6-11(9)14-2/h5-7,10H,3-4H2,1-2H3. The SMILES string of the molecule is CCCC(Cl)c1cc(F)ccc1OC. The summed E-state index contributed by atoms with van der Waals surface area (Å²) in [6.45, 7) is 2.04. The van der Waals surface area contributed by atoms with Crippen molar-refractivity contribution in [3.05, 3.63) is 29.6 Å². The van der Waals surface area contributed by atoms with Crippen LogP contribution in [0.3, 0.4) is 0 Å². The Labute approximate surface area is 88.8 Å². The Hall–Kier alpha value is -0.760. The van der Waals surface area contributed by atoms with Gasteiger partial charge in [0.1, 0.15) is 11.6 Å². The predicted molar refractivity (Wildman–Crippen MR) is 56.5 cm³/mol. The van der Waals surface area contributed by atoms with Crippen LogP contribution in [0.5, 0.6) is 5.75 Å². The van der Waals surface area contributed by atoms with E-state index in [1.54, 1.807) is 13.2 Å². The molecule has 1 rings (SSSR count). The third kappa shape index (κ3) is 2.61. The van der Waals surface area contributed by atoms with Crippen LogP contribution in [-0.2, 0) is 0 Å². The minimum absolute atomic E-state index is 0.175. The van der Waals surface area contributed by atoms with Crippen LogP contribution in [0.4, 0.5) is 4.39 Å². The molecular weight excluding hydrogens is 203 g/mol. The number of alkyl halides is 1. The summed E-state index contributed by atoms with van der Waals surface area (Å²) in [7, 11) is 1.56. The zero-order valence-corrected chi connectivity index (χ0v) is 9.14. The van der Waals surface area contributed by atoms with Gasteiger partial charge in [0.15, 0.2) is 0 Å². The number of hydrogen-bond donors (Lipinski definition) is 0. The number of hydrogen-bond acceptors (Lipinski definition) is 1. The molecule has 0 saturated heterocycles. The summed E-state index contributed by atoms with van der Waals surface area (Å²) in [5, 5.41) is -0.175. The lowest BCUT2D eigenvalue weighted by Gasteiger charge is -2.12. The van der Waals surface area contributed by atoms with Gasteiger partial charge in [0.2, 0.25) is 0 Å². The van der Waals surface area contributed by atoms with E-state index < -0.39 is 0 Å². The summed E-state index contributed by atoms with van der Waals surface area (Å²) in [6, 6.07) is 4.42. The van der Waals surface area contributed by atoms with Gasteiger partial charge in [0.25, 0.3) is 0 Å². The van der Waals surface area contributed by atoms with Crippen LogP contribution in [0.25, 0.3) is 0 Å². The Morgan fingerprint density at radius 2 is 2.21 bits per heavy atom. The number of rotatable bonds is 4. The summed E-state index contributed by atoms with van der Waals surface area (Å²) in [4.78, 5) is 0. The summed E-state index contributed by atoms with van der Waals surface area (Å²) in [5.74, 6) is 0.377. The molecule has 0 amide bonds. The maximum Gasteiger partial charge on any atom is 0.123 e. The Morgan fingerprint density at radius 1 is 1.50 bits per heavy atom. The first kappa shape index (κ1) is 11.3. The van der Waals surface area contributed by atoms with E-state index in [1.165, 1.54) is 12.1 Å². The van der Waals surface area contributed by atoms with Gasteiger partial charge in [0.05, 0.1) is 12.5 Å². The van der Waals surface area contributed by atoms with Crippen LogP contribution < -0.4 is 4.74 Å². The first-order chi connectivity index (χ1) is 6.69. The van der Waals surface area contributed by atoms with Crippen LogP contribution >= 0.6 is 11.6 Å². The topological polar surface area (TPSA) is 9.23 Å². The van der Waals surface area contributed by atoms with Crippen molar-refractivity contribution in [3.8, 4) is 5.75 Å². The van der Waals surface area contributed by atoms with Crippen LogP contribution in [0.15, 0.2) is 18.2 Å². The van der Waals surface area contributed by atoms with Crippen molar-refractivity contribution in [2.75, 3.05) is 7.11 Å². The molecule has 0 aliphatic rings. The van der Waals surface area contributed by atoms with Crippen LogP contribution in [-0.4, -0.2) is 7.11 Å². The van der Waals surface area contributed by atoms with Crippen molar-refractivity contribution in [2.24, 2.45) is 0 Å². The average Bonchev–Trinajstić information content (AvgIpc) is 2.18. The van der Waals surface area contributed by atoms with Crippen molar-refractivity contribution >= 4 is 11.6 Å². The molecule has 0 aromatic heterocycles. The molecule has 78 valence electrons. The van der Waals surface area contributed by atoms with E-state index in [-0.39, 0.29) is 11.2 Å². The third-order valence-corrected chi connectivity index (χ3v) is 2.52. The normalized spacial score (nSPS) is 12.6. The van der Waals surface area contributed by atoms with Gasteiger partial charge in [-0.2, -0.15) is 0 Å². The average molecular weight is 217 g/mol. The smallest absolute Gasteiger partial charge is 0.123 e. The second-order valence-electron chi connectivity index (χ2n) is 3.14. The molecular formula is C11H14ClFO. The van der Waals surface area contributed by atoms with E-state index >= 15 is 0 Å². The minimum Gasteiger partial charge on any atom is -0.496 e. The number of methoxy groups -OCH3 is 1. The maximum absolute atomic E-state index is 13.0. The highest BCUT2D eigenvalue weighted by atomic mass is 35.5. The van der Waals surface area contributed by atoms with E-state index in [4.69, 9.17) is 16.3 Å². The van der Waals surface area contributed by atoms with Gasteiger partial charge in [-0.15, -0.1) is 11.6 Å². The molecule has 0 spiro atoms. The van der Waals surface area contributed by atoms with E-state index in [0.717, 1.165) is 18.4 Å². The fraction of sp³-hybridized carbons (Fsp3) is 0.455. The first-order valence-corrected chi connectivity index (χ1v) is 5.10. The Bertz CT molecular complexity index is 301. The highest BCUT2D eigenvalue weighted by molar-refractivity contribution is 6.21. The first-order valence-electron chi connectivity index (χ1n) is 4.66. The van der Waals surface area contributed by atoms with Crippen LogP contribution in [0, 0.1) is 5.82 Å². The predicted octanol–water partition coefficient (Wildman–Crippen LogP) is 3.91. The van der Waals surface area contributed by atoms with Gasteiger partial charge in [-0.05, 0) is 24.6 Å². The molecule has 0 heterocycles. The molecule has 1 unspecified atom stereocenters. The molecule has 0 saturated carbocycles. The van der Waals surface area contributed by atoms with Gasteiger partial charge < -0.3 is 4.74 Å². The van der Waals surface area contributed by atoms with Gasteiger partial charge in [-0.3, -0.25) is 0 Å². The van der Waals surface area contributed by atoms with Crippen molar-refractivity contribution in [3.63, 3.8) is 0 Å². The largest absolute Gasteiger partial charge is 0.496 e. The quantitative estimate of drug-likeness (QED) is 0.694. The molecule has 0 bridgehead atoms. The monoisotopic (exact) mass is 216 g/mol. The third-order valence-electron chi connectivity index (χ3n) is 2.07. The van der Waals surface area contributed by atoms with E-state index in [0.29, 0.717) is 5.75 Å². The summed E-state index contributed by atoms with van der Waals surface area (Å²) < 4.78 is 18.1. The zero-order valence-electron chi connectivity index (χ0n) is 8.39. The van der Waals surface area contributed by atoms with Crippen molar-refractivity contribution < 1.29 is 9.13 Å². The molecule has 0 fully saturated rings. The lowest BCUT2D eigenvalue weighted by atomic mass is 10.1.